The maximum absolute atomic E-state index is 12.4. The molecule has 2 N–H and O–H groups in total. The highest BCUT2D eigenvalue weighted by Crippen LogP contribution is 2.30. The van der Waals surface area contributed by atoms with Crippen molar-refractivity contribution in [2.45, 2.75) is 18.9 Å². The molecule has 132 valence electrons. The predicted octanol–water partition coefficient (Wildman–Crippen LogP) is 2.46. The van der Waals surface area contributed by atoms with Crippen LogP contribution in [0.2, 0.25) is 0 Å². The highest BCUT2D eigenvalue weighted by molar-refractivity contribution is 5.88. The highest BCUT2D eigenvalue weighted by Gasteiger charge is 2.28. The van der Waals surface area contributed by atoms with Crippen LogP contribution in [0.4, 0.5) is 10.6 Å². The van der Waals surface area contributed by atoms with E-state index in [9.17, 15) is 9.90 Å². The van der Waals surface area contributed by atoms with Crippen LogP contribution < -0.4 is 10.1 Å². The molecule has 0 radical (unpaired) electrons. The zero-order chi connectivity index (χ0) is 17.6. The van der Waals surface area contributed by atoms with Gasteiger partial charge in [0.2, 0.25) is 5.88 Å². The number of likely N-dealkylation sites (tertiary alicyclic amines) is 1. The van der Waals surface area contributed by atoms with Crippen LogP contribution in [0.3, 0.4) is 0 Å². The second-order valence-corrected chi connectivity index (χ2v) is 6.06. The van der Waals surface area contributed by atoms with Gasteiger partial charge in [-0.25, -0.2) is 14.8 Å². The number of nitrogens with zero attached hydrogens (tertiary/aromatic N) is 3. The van der Waals surface area contributed by atoms with E-state index in [0.717, 1.165) is 18.4 Å². The number of benzene rings is 1. The third kappa shape index (κ3) is 4.24. The molecule has 1 fully saturated rings. The Balaban J connectivity index is 1.54. The number of aliphatic hydroxyl groups excluding tert-OH is 1. The number of hydrogen-bond acceptors (Lipinski definition) is 5. The number of rotatable bonds is 4. The van der Waals surface area contributed by atoms with E-state index in [2.05, 4.69) is 15.3 Å². The van der Waals surface area contributed by atoms with Gasteiger partial charge < -0.3 is 14.7 Å². The molecule has 3 rings (SSSR count). The Morgan fingerprint density at radius 1 is 1.28 bits per heavy atom. The van der Waals surface area contributed by atoms with Gasteiger partial charge in [-0.1, -0.05) is 30.3 Å². The van der Waals surface area contributed by atoms with E-state index >= 15 is 0 Å². The summed E-state index contributed by atoms with van der Waals surface area (Å²) in [7, 11) is 1.51. The van der Waals surface area contributed by atoms with Crippen molar-refractivity contribution in [3.63, 3.8) is 0 Å². The maximum atomic E-state index is 12.4. The molecular formula is C18H22N4O3. The quantitative estimate of drug-likeness (QED) is 0.891. The summed E-state index contributed by atoms with van der Waals surface area (Å²) in [6.07, 6.45) is 2.38. The summed E-state index contributed by atoms with van der Waals surface area (Å²) in [6, 6.07) is 11.0. The molecule has 7 heteroatoms. The summed E-state index contributed by atoms with van der Waals surface area (Å²) in [4.78, 5) is 22.0. The predicted molar refractivity (Wildman–Crippen MR) is 93.3 cm³/mol. The van der Waals surface area contributed by atoms with Crippen LogP contribution in [0.5, 0.6) is 5.88 Å². The number of ether oxygens (including phenoxy) is 1. The van der Waals surface area contributed by atoms with Crippen molar-refractivity contribution in [3.8, 4) is 5.88 Å². The third-order valence-electron chi connectivity index (χ3n) is 4.50. The lowest BCUT2D eigenvalue weighted by atomic mass is 9.87. The SMILES string of the molecule is COc1cc(NC(=O)N2CCC(C(O)c3ccccc3)CC2)ncn1. The molecule has 1 unspecified atom stereocenters. The number of amides is 2. The average Bonchev–Trinajstić information content (AvgIpc) is 2.68. The number of nitrogens with one attached hydrogen (secondary N) is 1. The molecule has 1 aliphatic heterocycles. The molecule has 2 amide bonds. The van der Waals surface area contributed by atoms with Crippen LogP contribution in [0.25, 0.3) is 0 Å². The van der Waals surface area contributed by atoms with Gasteiger partial charge in [-0.15, -0.1) is 0 Å². The highest BCUT2D eigenvalue weighted by atomic mass is 16.5. The van der Waals surface area contributed by atoms with E-state index in [4.69, 9.17) is 4.74 Å². The molecule has 1 atom stereocenters. The van der Waals surface area contributed by atoms with Gasteiger partial charge in [-0.2, -0.15) is 0 Å². The van der Waals surface area contributed by atoms with E-state index in [0.29, 0.717) is 24.8 Å². The van der Waals surface area contributed by atoms with Crippen molar-refractivity contribution < 1.29 is 14.6 Å². The summed E-state index contributed by atoms with van der Waals surface area (Å²) < 4.78 is 5.02. The third-order valence-corrected chi connectivity index (χ3v) is 4.50. The molecule has 1 aliphatic rings. The number of piperidine rings is 1. The Labute approximate surface area is 146 Å². The van der Waals surface area contributed by atoms with Crippen molar-refractivity contribution in [2.24, 2.45) is 5.92 Å². The zero-order valence-electron chi connectivity index (χ0n) is 14.1. The van der Waals surface area contributed by atoms with Gasteiger partial charge >= 0.3 is 6.03 Å². The number of urea groups is 1. The van der Waals surface area contributed by atoms with E-state index < -0.39 is 6.10 Å². The Morgan fingerprint density at radius 3 is 2.68 bits per heavy atom. The zero-order valence-corrected chi connectivity index (χ0v) is 14.1. The van der Waals surface area contributed by atoms with Crippen LogP contribution in [0.15, 0.2) is 42.7 Å². The van der Waals surface area contributed by atoms with Crippen LogP contribution in [-0.2, 0) is 0 Å². The average molecular weight is 342 g/mol. The van der Waals surface area contributed by atoms with Crippen molar-refractivity contribution in [3.05, 3.63) is 48.3 Å². The number of hydrogen-bond donors (Lipinski definition) is 2. The Hall–Kier alpha value is -2.67. The minimum absolute atomic E-state index is 0.158. The van der Waals surface area contributed by atoms with E-state index in [-0.39, 0.29) is 11.9 Å². The molecule has 25 heavy (non-hydrogen) atoms. The number of methoxy groups -OCH3 is 1. The van der Waals surface area contributed by atoms with Gasteiger partial charge in [0.1, 0.15) is 12.1 Å². The lowest BCUT2D eigenvalue weighted by molar-refractivity contribution is 0.0683. The summed E-state index contributed by atoms with van der Waals surface area (Å²) in [5, 5.41) is 13.3. The first-order valence-corrected chi connectivity index (χ1v) is 8.32. The van der Waals surface area contributed by atoms with E-state index in [1.54, 1.807) is 11.0 Å². The number of aromatic nitrogens is 2. The van der Waals surface area contributed by atoms with Gasteiger partial charge in [0.15, 0.2) is 0 Å². The largest absolute Gasteiger partial charge is 0.481 e. The van der Waals surface area contributed by atoms with Crippen molar-refractivity contribution in [2.75, 3.05) is 25.5 Å². The molecule has 1 aromatic heterocycles. The van der Waals surface area contributed by atoms with Gasteiger partial charge in [0.25, 0.3) is 0 Å². The molecule has 2 heterocycles. The molecule has 0 spiro atoms. The van der Waals surface area contributed by atoms with Crippen molar-refractivity contribution >= 4 is 11.8 Å². The van der Waals surface area contributed by atoms with Gasteiger partial charge in [-0.3, -0.25) is 5.32 Å². The van der Waals surface area contributed by atoms with Gasteiger partial charge in [0, 0.05) is 19.2 Å². The Bertz CT molecular complexity index is 702. The summed E-state index contributed by atoms with van der Waals surface area (Å²) in [6.45, 7) is 1.20. The second-order valence-electron chi connectivity index (χ2n) is 6.06. The number of carbonyl (C=O) groups is 1. The Morgan fingerprint density at radius 2 is 2.00 bits per heavy atom. The first-order valence-electron chi connectivity index (χ1n) is 8.32. The minimum Gasteiger partial charge on any atom is -0.481 e. The smallest absolute Gasteiger partial charge is 0.323 e. The molecule has 0 bridgehead atoms. The summed E-state index contributed by atoms with van der Waals surface area (Å²) in [5.74, 6) is 0.962. The topological polar surface area (TPSA) is 87.6 Å². The summed E-state index contributed by atoms with van der Waals surface area (Å²) in [5.41, 5.74) is 0.929. The molecule has 1 aromatic carbocycles. The Kier molecular flexibility index (Phi) is 5.45. The van der Waals surface area contributed by atoms with Crippen molar-refractivity contribution in [1.82, 2.24) is 14.9 Å². The maximum Gasteiger partial charge on any atom is 0.323 e. The molecule has 2 aromatic rings. The molecule has 1 saturated heterocycles. The summed E-state index contributed by atoms with van der Waals surface area (Å²) >= 11 is 0. The van der Waals surface area contributed by atoms with Crippen LogP contribution in [0.1, 0.15) is 24.5 Å². The first-order chi connectivity index (χ1) is 12.2. The minimum atomic E-state index is -0.488. The van der Waals surface area contributed by atoms with E-state index in [1.807, 2.05) is 30.3 Å². The fourth-order valence-corrected chi connectivity index (χ4v) is 3.05. The molecular weight excluding hydrogens is 320 g/mol. The second kappa shape index (κ2) is 7.94. The fraction of sp³-hybridized carbons (Fsp3) is 0.389. The van der Waals surface area contributed by atoms with Crippen molar-refractivity contribution in [1.29, 1.82) is 0 Å². The number of aliphatic hydroxyl groups is 1. The molecule has 0 saturated carbocycles. The lowest BCUT2D eigenvalue weighted by Gasteiger charge is -2.34. The monoisotopic (exact) mass is 342 g/mol. The van der Waals surface area contributed by atoms with Crippen LogP contribution >= 0.6 is 0 Å². The standard InChI is InChI=1S/C18H22N4O3/c1-25-16-11-15(19-12-20-16)21-18(24)22-9-7-14(8-10-22)17(23)13-5-3-2-4-6-13/h2-6,11-12,14,17,23H,7-10H2,1H3,(H,19,20,21,24). The van der Waals surface area contributed by atoms with Crippen LogP contribution in [0, 0.1) is 5.92 Å². The lowest BCUT2D eigenvalue weighted by Crippen LogP contribution is -2.42. The van der Waals surface area contributed by atoms with E-state index in [1.165, 1.54) is 13.4 Å². The molecule has 0 aliphatic carbocycles. The normalized spacial score (nSPS) is 16.3. The number of anilines is 1. The van der Waals surface area contributed by atoms with Gasteiger partial charge in [0.05, 0.1) is 13.2 Å². The number of carbonyl (C=O) groups excluding carboxylic acids is 1. The first kappa shape index (κ1) is 17.2. The van der Waals surface area contributed by atoms with Crippen LogP contribution in [-0.4, -0.2) is 46.2 Å². The molecule has 7 nitrogen and oxygen atoms in total. The fourth-order valence-electron chi connectivity index (χ4n) is 3.05. The van der Waals surface area contributed by atoms with Gasteiger partial charge in [-0.05, 0) is 24.3 Å².